The van der Waals surface area contributed by atoms with E-state index in [0.29, 0.717) is 19.3 Å². The summed E-state index contributed by atoms with van der Waals surface area (Å²) in [4.78, 5) is 68.4. The highest BCUT2D eigenvalue weighted by Crippen LogP contribution is 2.34. The molecule has 0 bridgehead atoms. The third-order valence-electron chi connectivity index (χ3n) is 8.75. The van der Waals surface area contributed by atoms with Gasteiger partial charge in [-0.3, -0.25) is 19.2 Å². The lowest BCUT2D eigenvalue weighted by molar-refractivity contribution is -0.144. The largest absolute Gasteiger partial charge is 0.344 e. The van der Waals surface area contributed by atoms with E-state index in [1.807, 2.05) is 13.8 Å². The summed E-state index contributed by atoms with van der Waals surface area (Å²) in [5, 5.41) is 10.7. The number of ketones is 1. The molecule has 0 spiro atoms. The molecule has 4 atom stereocenters. The maximum Gasteiger partial charge on any atom is 0.315 e. The molecule has 1 saturated carbocycles. The van der Waals surface area contributed by atoms with Gasteiger partial charge < -0.3 is 26.2 Å². The van der Waals surface area contributed by atoms with Gasteiger partial charge in [0.25, 0.3) is 5.91 Å². The number of nitrogens with zero attached hydrogens (tertiary/aromatic N) is 1. The maximum absolute atomic E-state index is 14.3. The molecule has 0 aromatic rings. The van der Waals surface area contributed by atoms with Crippen LogP contribution in [0.2, 0.25) is 0 Å². The standard InChI is InChI=1S/C33H51N5O7S/c1-9-11-15-24(26(39)29(41)34-19-10-2)35-28(40)25-23(22(3)4)16-20-38(25)30(42)27(32(5,6)7)36-31(43)37-33(21-46(8,44)45)17-13-12-14-18-33/h1-2,22-25,27H,11-21H2,3-8H3,(H,34,41)(H,35,40)(H2,36,37,43)/t23?,24?,25-,27+/m0/s1. The predicted octanol–water partition coefficient (Wildman–Crippen LogP) is 1.54. The third kappa shape index (κ3) is 10.8. The van der Waals surface area contributed by atoms with E-state index in [-0.39, 0.29) is 43.5 Å². The fraction of sp³-hybridized carbons (Fsp3) is 0.727. The Morgan fingerprint density at radius 3 is 2.15 bits per heavy atom. The highest BCUT2D eigenvalue weighted by atomic mass is 32.2. The van der Waals surface area contributed by atoms with Crippen LogP contribution in [0.15, 0.2) is 0 Å². The van der Waals surface area contributed by atoms with Crippen LogP contribution in [0.25, 0.3) is 0 Å². The summed E-state index contributed by atoms with van der Waals surface area (Å²) >= 11 is 0. The maximum atomic E-state index is 14.3. The van der Waals surface area contributed by atoms with Crippen LogP contribution in [0, 0.1) is 41.9 Å². The normalized spacial score (nSPS) is 20.8. The van der Waals surface area contributed by atoms with Gasteiger partial charge in [0.05, 0.1) is 23.9 Å². The van der Waals surface area contributed by atoms with Crippen molar-refractivity contribution in [3.8, 4) is 24.7 Å². The number of hydrogen-bond donors (Lipinski definition) is 4. The molecule has 0 aromatic carbocycles. The van der Waals surface area contributed by atoms with Crippen molar-refractivity contribution in [1.29, 1.82) is 0 Å². The number of hydrogen-bond acceptors (Lipinski definition) is 7. The molecule has 1 aliphatic carbocycles. The Bertz CT molecular complexity index is 1330. The van der Waals surface area contributed by atoms with E-state index < -0.39 is 68.5 Å². The Hall–Kier alpha value is -3.58. The summed E-state index contributed by atoms with van der Waals surface area (Å²) in [6, 6.07) is -3.93. The quantitative estimate of drug-likeness (QED) is 0.171. The van der Waals surface area contributed by atoms with Crippen LogP contribution in [0.4, 0.5) is 4.79 Å². The van der Waals surface area contributed by atoms with Crippen molar-refractivity contribution in [3.63, 3.8) is 0 Å². The fourth-order valence-corrected chi connectivity index (χ4v) is 7.85. The van der Waals surface area contributed by atoms with Crippen LogP contribution < -0.4 is 21.3 Å². The van der Waals surface area contributed by atoms with Crippen LogP contribution in [0.3, 0.4) is 0 Å². The summed E-state index contributed by atoms with van der Waals surface area (Å²) in [6.45, 7) is 9.31. The van der Waals surface area contributed by atoms with E-state index in [0.717, 1.165) is 25.5 Å². The number of carbonyl (C=O) groups is 5. The summed E-state index contributed by atoms with van der Waals surface area (Å²) in [7, 11) is -3.41. The van der Waals surface area contributed by atoms with Gasteiger partial charge in [0, 0.05) is 19.2 Å². The molecule has 256 valence electrons. The topological polar surface area (TPSA) is 171 Å². The van der Waals surface area contributed by atoms with Crippen molar-refractivity contribution >= 4 is 39.4 Å². The molecule has 46 heavy (non-hydrogen) atoms. The van der Waals surface area contributed by atoms with Crippen LogP contribution in [-0.4, -0.2) is 91.6 Å². The Balaban J connectivity index is 2.36. The molecule has 4 N–H and O–H groups in total. The van der Waals surface area contributed by atoms with E-state index >= 15 is 0 Å². The first kappa shape index (κ1) is 38.6. The second-order valence-electron chi connectivity index (χ2n) is 14.0. The van der Waals surface area contributed by atoms with Crippen molar-refractivity contribution < 1.29 is 32.4 Å². The molecule has 1 heterocycles. The fourth-order valence-electron chi connectivity index (χ4n) is 6.49. The third-order valence-corrected chi connectivity index (χ3v) is 9.83. The summed E-state index contributed by atoms with van der Waals surface area (Å²) in [5.74, 6) is 1.22. The zero-order chi connectivity index (χ0) is 34.9. The van der Waals surface area contributed by atoms with E-state index in [4.69, 9.17) is 12.8 Å². The van der Waals surface area contributed by atoms with Crippen molar-refractivity contribution in [2.45, 2.75) is 110 Å². The number of urea groups is 1. The molecule has 2 unspecified atom stereocenters. The zero-order valence-corrected chi connectivity index (χ0v) is 28.8. The van der Waals surface area contributed by atoms with Crippen molar-refractivity contribution in [2.75, 3.05) is 25.1 Å². The lowest BCUT2D eigenvalue weighted by Crippen LogP contribution is -2.63. The second-order valence-corrected chi connectivity index (χ2v) is 16.2. The molecule has 1 saturated heterocycles. The Morgan fingerprint density at radius 1 is 1.00 bits per heavy atom. The number of terminal acetylenes is 2. The number of carbonyl (C=O) groups excluding carboxylic acids is 5. The number of amides is 5. The van der Waals surface area contributed by atoms with Crippen molar-refractivity contribution in [3.05, 3.63) is 0 Å². The van der Waals surface area contributed by atoms with Gasteiger partial charge in [-0.1, -0.05) is 59.8 Å². The molecular weight excluding hydrogens is 610 g/mol. The molecule has 13 heteroatoms. The summed E-state index contributed by atoms with van der Waals surface area (Å²) in [6.07, 6.45) is 15.9. The van der Waals surface area contributed by atoms with Crippen LogP contribution in [-0.2, 0) is 29.0 Å². The minimum atomic E-state index is -3.41. The molecular formula is C33H51N5O7S. The van der Waals surface area contributed by atoms with Gasteiger partial charge in [0.2, 0.25) is 17.6 Å². The lowest BCUT2D eigenvalue weighted by atomic mass is 9.83. The highest BCUT2D eigenvalue weighted by Gasteiger charge is 2.48. The summed E-state index contributed by atoms with van der Waals surface area (Å²) < 4.78 is 24.5. The van der Waals surface area contributed by atoms with Gasteiger partial charge in [-0.25, -0.2) is 13.2 Å². The molecule has 2 aliphatic rings. The zero-order valence-electron chi connectivity index (χ0n) is 28.0. The average molecular weight is 662 g/mol. The number of nitrogens with one attached hydrogen (secondary N) is 4. The van der Waals surface area contributed by atoms with Crippen LogP contribution >= 0.6 is 0 Å². The monoisotopic (exact) mass is 661 g/mol. The molecule has 0 radical (unpaired) electrons. The number of likely N-dealkylation sites (tertiary alicyclic amines) is 1. The molecule has 12 nitrogen and oxygen atoms in total. The van der Waals surface area contributed by atoms with Gasteiger partial charge in [0.1, 0.15) is 21.9 Å². The molecule has 2 rings (SSSR count). The first-order valence-electron chi connectivity index (χ1n) is 15.9. The smallest absolute Gasteiger partial charge is 0.315 e. The molecule has 1 aliphatic heterocycles. The molecule has 2 fully saturated rings. The van der Waals surface area contributed by atoms with Gasteiger partial charge in [-0.05, 0) is 42.9 Å². The van der Waals surface area contributed by atoms with Gasteiger partial charge >= 0.3 is 6.03 Å². The number of sulfone groups is 1. The Morgan fingerprint density at radius 2 is 1.63 bits per heavy atom. The van der Waals surface area contributed by atoms with E-state index in [9.17, 15) is 32.4 Å². The summed E-state index contributed by atoms with van der Waals surface area (Å²) in [5.41, 5.74) is -1.73. The minimum Gasteiger partial charge on any atom is -0.344 e. The minimum absolute atomic E-state index is 0.0130. The first-order chi connectivity index (χ1) is 21.4. The molecule has 5 amide bonds. The second kappa shape index (κ2) is 16.3. The van der Waals surface area contributed by atoms with Gasteiger partial charge in [0.15, 0.2) is 0 Å². The van der Waals surface area contributed by atoms with Crippen LogP contribution in [0.5, 0.6) is 0 Å². The van der Waals surface area contributed by atoms with Gasteiger partial charge in [-0.2, -0.15) is 0 Å². The Labute approximate surface area is 274 Å². The van der Waals surface area contributed by atoms with Crippen molar-refractivity contribution in [2.24, 2.45) is 17.3 Å². The molecule has 0 aromatic heterocycles. The van der Waals surface area contributed by atoms with E-state index in [1.54, 1.807) is 20.8 Å². The van der Waals surface area contributed by atoms with Gasteiger partial charge in [-0.15, -0.1) is 18.8 Å². The predicted molar refractivity (Wildman–Crippen MR) is 176 cm³/mol. The van der Waals surface area contributed by atoms with Crippen LogP contribution in [0.1, 0.15) is 86.0 Å². The lowest BCUT2D eigenvalue weighted by Gasteiger charge is -2.40. The van der Waals surface area contributed by atoms with Crippen molar-refractivity contribution in [1.82, 2.24) is 26.2 Å². The van der Waals surface area contributed by atoms with E-state index in [2.05, 4.69) is 33.1 Å². The SMILES string of the molecule is C#CCCC(NC(=O)[C@@H]1C(C(C)C)CCN1C(=O)[C@@H](NC(=O)NC1(CS(C)(=O)=O)CCCCC1)C(C)(C)C)C(=O)C(=O)NCC#C. The number of Topliss-reactive ketones (excluding diaryl/α,β-unsaturated/α-hetero) is 1. The first-order valence-corrected chi connectivity index (χ1v) is 18.0. The average Bonchev–Trinajstić information content (AvgIpc) is 3.41. The number of rotatable bonds is 13. The highest BCUT2D eigenvalue weighted by molar-refractivity contribution is 7.90. The Kier molecular flexibility index (Phi) is 13.7. The van der Waals surface area contributed by atoms with E-state index in [1.165, 1.54) is 4.90 Å².